The summed E-state index contributed by atoms with van der Waals surface area (Å²) in [6, 6.07) is 17.0. The Hall–Kier alpha value is -3.03. The van der Waals surface area contributed by atoms with Crippen LogP contribution in [0.3, 0.4) is 0 Å². The minimum atomic E-state index is -0.728. The molecule has 3 aromatic rings. The molecule has 6 nitrogen and oxygen atoms in total. The molecule has 1 N–H and O–H groups in total. The highest BCUT2D eigenvalue weighted by atomic mass is 35.5. The number of nitrogens with zero attached hydrogens (tertiary/aromatic N) is 1. The Morgan fingerprint density at radius 3 is 2.18 bits per heavy atom. The zero-order valence-electron chi connectivity index (χ0n) is 16.4. The summed E-state index contributed by atoms with van der Waals surface area (Å²) >= 11 is 24.2. The molecule has 1 aliphatic heterocycles. The average Bonchev–Trinajstić information content (AvgIpc) is 2.99. The van der Waals surface area contributed by atoms with Gasteiger partial charge in [0, 0.05) is 10.7 Å². The molecule has 0 bridgehead atoms. The number of carbonyl (C=O) groups is 3. The molecule has 0 saturated carbocycles. The molecule has 2 amide bonds. The lowest BCUT2D eigenvalue weighted by molar-refractivity contribution is -0.120. The molecule has 10 heteroatoms. The van der Waals surface area contributed by atoms with Crippen LogP contribution in [0.4, 0.5) is 11.4 Å². The fourth-order valence-electron chi connectivity index (χ4n) is 3.01. The highest BCUT2D eigenvalue weighted by Gasteiger charge is 2.39. The van der Waals surface area contributed by atoms with Crippen molar-refractivity contribution in [3.05, 3.63) is 98.1 Å². The monoisotopic (exact) mass is 520 g/mol. The van der Waals surface area contributed by atoms with E-state index in [2.05, 4.69) is 5.32 Å². The number of esters is 1. The first-order valence-corrected chi connectivity index (χ1v) is 10.8. The van der Waals surface area contributed by atoms with E-state index in [-0.39, 0.29) is 32.8 Å². The van der Waals surface area contributed by atoms with Gasteiger partial charge in [-0.15, -0.1) is 0 Å². The largest absolute Gasteiger partial charge is 0.421 e. The van der Waals surface area contributed by atoms with Gasteiger partial charge in [0.25, 0.3) is 11.8 Å². The SMILES string of the molecule is O=C(Oc1ccccc1Cl)c1ccc(NC2=C(Cl)C(=O)N(c3ccc(Cl)cc3Cl)C2=O)cc1. The minimum Gasteiger partial charge on any atom is -0.421 e. The molecule has 4 rings (SSSR count). The van der Waals surface area contributed by atoms with E-state index in [1.807, 2.05) is 0 Å². The summed E-state index contributed by atoms with van der Waals surface area (Å²) in [5, 5.41) is 3.30. The normalized spacial score (nSPS) is 13.5. The number of rotatable bonds is 5. The summed E-state index contributed by atoms with van der Waals surface area (Å²) < 4.78 is 5.29. The quantitative estimate of drug-likeness (QED) is 0.242. The molecular formula is C23H12Cl4N2O4. The third-order valence-corrected chi connectivity index (χ3v) is 5.81. The smallest absolute Gasteiger partial charge is 0.343 e. The average molecular weight is 522 g/mol. The summed E-state index contributed by atoms with van der Waals surface area (Å²) in [5.41, 5.74) is 0.703. The molecule has 0 radical (unpaired) electrons. The van der Waals surface area contributed by atoms with E-state index in [9.17, 15) is 14.4 Å². The number of hydrogen-bond donors (Lipinski definition) is 1. The van der Waals surface area contributed by atoms with Gasteiger partial charge in [-0.25, -0.2) is 9.69 Å². The second-order valence-corrected chi connectivity index (χ2v) is 8.38. The maximum absolute atomic E-state index is 12.9. The maximum Gasteiger partial charge on any atom is 0.343 e. The lowest BCUT2D eigenvalue weighted by Gasteiger charge is -2.16. The van der Waals surface area contributed by atoms with Crippen LogP contribution in [-0.2, 0) is 9.59 Å². The zero-order chi connectivity index (χ0) is 23.7. The van der Waals surface area contributed by atoms with Gasteiger partial charge in [-0.2, -0.15) is 0 Å². The standard InChI is InChI=1S/C23H12Cl4N2O4/c24-13-7-10-17(16(26)11-13)29-21(30)19(27)20(22(29)31)28-14-8-5-12(6-9-14)23(32)33-18-4-2-1-3-15(18)25/h1-11,28H. The molecule has 0 unspecified atom stereocenters. The lowest BCUT2D eigenvalue weighted by Crippen LogP contribution is -2.32. The first-order valence-electron chi connectivity index (χ1n) is 9.33. The molecule has 0 aliphatic carbocycles. The molecule has 3 aromatic carbocycles. The number of nitrogens with one attached hydrogen (secondary N) is 1. The first kappa shape index (κ1) is 23.1. The van der Waals surface area contributed by atoms with Gasteiger partial charge in [-0.3, -0.25) is 9.59 Å². The number of ether oxygens (including phenoxy) is 1. The van der Waals surface area contributed by atoms with Crippen LogP contribution < -0.4 is 15.0 Å². The van der Waals surface area contributed by atoms with Crippen LogP contribution >= 0.6 is 46.4 Å². The maximum atomic E-state index is 12.9. The van der Waals surface area contributed by atoms with E-state index in [0.717, 1.165) is 4.90 Å². The molecular weight excluding hydrogens is 510 g/mol. The Labute approximate surface area is 208 Å². The van der Waals surface area contributed by atoms with Crippen molar-refractivity contribution in [3.63, 3.8) is 0 Å². The van der Waals surface area contributed by atoms with E-state index in [0.29, 0.717) is 15.7 Å². The fraction of sp³-hybridized carbons (Fsp3) is 0. The Kier molecular flexibility index (Phi) is 6.63. The highest BCUT2D eigenvalue weighted by molar-refractivity contribution is 6.54. The topological polar surface area (TPSA) is 75.7 Å². The van der Waals surface area contributed by atoms with Crippen LogP contribution in [0.15, 0.2) is 77.5 Å². The summed E-state index contributed by atoms with van der Waals surface area (Å²) in [4.78, 5) is 38.7. The van der Waals surface area contributed by atoms with Crippen LogP contribution in [0, 0.1) is 0 Å². The van der Waals surface area contributed by atoms with Crippen molar-refractivity contribution in [2.75, 3.05) is 10.2 Å². The Bertz CT molecular complexity index is 1320. The second kappa shape index (κ2) is 9.45. The molecule has 0 fully saturated rings. The fourth-order valence-corrected chi connectivity index (χ4v) is 3.89. The number of anilines is 2. The van der Waals surface area contributed by atoms with Crippen LogP contribution in [0.5, 0.6) is 5.75 Å². The number of para-hydroxylation sites is 1. The van der Waals surface area contributed by atoms with Crippen molar-refractivity contribution in [1.82, 2.24) is 0 Å². The minimum absolute atomic E-state index is 0.122. The molecule has 33 heavy (non-hydrogen) atoms. The molecule has 166 valence electrons. The predicted molar refractivity (Wildman–Crippen MR) is 128 cm³/mol. The molecule has 0 atom stereocenters. The van der Waals surface area contributed by atoms with E-state index in [1.165, 1.54) is 42.5 Å². The van der Waals surface area contributed by atoms with E-state index >= 15 is 0 Å². The third-order valence-electron chi connectivity index (χ3n) is 4.61. The molecule has 0 spiro atoms. The number of benzene rings is 3. The van der Waals surface area contributed by atoms with Crippen molar-refractivity contribution in [1.29, 1.82) is 0 Å². The number of hydrogen-bond acceptors (Lipinski definition) is 5. The lowest BCUT2D eigenvalue weighted by atomic mass is 10.2. The van der Waals surface area contributed by atoms with Crippen molar-refractivity contribution in [2.45, 2.75) is 0 Å². The number of amides is 2. The van der Waals surface area contributed by atoms with Gasteiger partial charge < -0.3 is 10.1 Å². The van der Waals surface area contributed by atoms with Crippen molar-refractivity contribution in [2.24, 2.45) is 0 Å². The Morgan fingerprint density at radius 1 is 0.818 bits per heavy atom. The van der Waals surface area contributed by atoms with Crippen molar-refractivity contribution >= 4 is 75.6 Å². The van der Waals surface area contributed by atoms with Gasteiger partial charge in [0.1, 0.15) is 16.5 Å². The van der Waals surface area contributed by atoms with Crippen molar-refractivity contribution < 1.29 is 19.1 Å². The van der Waals surface area contributed by atoms with E-state index < -0.39 is 17.8 Å². The van der Waals surface area contributed by atoms with Gasteiger partial charge >= 0.3 is 5.97 Å². The zero-order valence-corrected chi connectivity index (χ0v) is 19.5. The molecule has 1 aliphatic rings. The Balaban J connectivity index is 1.50. The summed E-state index contributed by atoms with van der Waals surface area (Å²) in [5.74, 6) is -1.79. The van der Waals surface area contributed by atoms with Gasteiger partial charge in [0.05, 0.1) is 21.3 Å². The van der Waals surface area contributed by atoms with E-state index in [4.69, 9.17) is 51.1 Å². The third kappa shape index (κ3) is 4.70. The van der Waals surface area contributed by atoms with Gasteiger partial charge in [0.15, 0.2) is 0 Å². The van der Waals surface area contributed by atoms with Crippen LogP contribution in [0.25, 0.3) is 0 Å². The Morgan fingerprint density at radius 2 is 1.52 bits per heavy atom. The van der Waals surface area contributed by atoms with Crippen LogP contribution in [-0.4, -0.2) is 17.8 Å². The number of imide groups is 1. The second-order valence-electron chi connectivity index (χ2n) is 6.75. The molecule has 1 heterocycles. The van der Waals surface area contributed by atoms with Gasteiger partial charge in [-0.1, -0.05) is 58.5 Å². The summed E-state index contributed by atoms with van der Waals surface area (Å²) in [6.07, 6.45) is 0. The number of carbonyl (C=O) groups excluding carboxylic acids is 3. The summed E-state index contributed by atoms with van der Waals surface area (Å²) in [6.45, 7) is 0. The number of halogens is 4. The van der Waals surface area contributed by atoms with Crippen LogP contribution in [0.1, 0.15) is 10.4 Å². The molecule has 0 saturated heterocycles. The van der Waals surface area contributed by atoms with E-state index in [1.54, 1.807) is 24.3 Å². The van der Waals surface area contributed by atoms with Gasteiger partial charge in [-0.05, 0) is 54.6 Å². The molecule has 0 aromatic heterocycles. The first-order chi connectivity index (χ1) is 15.8. The predicted octanol–water partition coefficient (Wildman–Crippen LogP) is 6.30. The van der Waals surface area contributed by atoms with Gasteiger partial charge in [0.2, 0.25) is 0 Å². The summed E-state index contributed by atoms with van der Waals surface area (Å²) in [7, 11) is 0. The highest BCUT2D eigenvalue weighted by Crippen LogP contribution is 2.35. The van der Waals surface area contributed by atoms with Crippen molar-refractivity contribution in [3.8, 4) is 5.75 Å². The van der Waals surface area contributed by atoms with Crippen LogP contribution in [0.2, 0.25) is 15.1 Å².